The first-order valence-corrected chi connectivity index (χ1v) is 5.18. The summed E-state index contributed by atoms with van der Waals surface area (Å²) in [6.45, 7) is 1.77. The lowest BCUT2D eigenvalue weighted by atomic mass is 10.2. The number of hydrogen-bond acceptors (Lipinski definition) is 3. The zero-order valence-electron chi connectivity index (χ0n) is 8.93. The van der Waals surface area contributed by atoms with Gasteiger partial charge in [0.1, 0.15) is 5.02 Å². The molecular weight excluding hydrogens is 256 g/mol. The van der Waals surface area contributed by atoms with Crippen molar-refractivity contribution in [3.05, 3.63) is 32.7 Å². The molecule has 1 aromatic rings. The van der Waals surface area contributed by atoms with Crippen LogP contribution < -0.4 is 5.43 Å². The van der Waals surface area contributed by atoms with E-state index in [1.54, 1.807) is 6.92 Å². The summed E-state index contributed by atoms with van der Waals surface area (Å²) in [6.07, 6.45) is -3.18. The summed E-state index contributed by atoms with van der Waals surface area (Å²) in [6, 6.07) is 0.710. The van der Waals surface area contributed by atoms with Crippen molar-refractivity contribution in [2.75, 3.05) is 6.61 Å². The predicted octanol–water partition coefficient (Wildman–Crippen LogP) is 2.07. The molecule has 7 heteroatoms. The number of H-pyrrole nitrogens is 1. The molecule has 0 aliphatic rings. The lowest BCUT2D eigenvalue weighted by molar-refractivity contribution is -0.142. The first kappa shape index (κ1) is 13.6. The summed E-state index contributed by atoms with van der Waals surface area (Å²) in [5.41, 5.74) is -1.38. The zero-order valence-corrected chi connectivity index (χ0v) is 9.68. The van der Waals surface area contributed by atoms with Crippen LogP contribution in [-0.2, 0) is 16.0 Å². The minimum atomic E-state index is -2.83. The van der Waals surface area contributed by atoms with E-state index in [1.807, 2.05) is 0 Å². The number of ether oxygens (including phenoxy) is 1. The van der Waals surface area contributed by atoms with Crippen molar-refractivity contribution in [3.8, 4) is 0 Å². The molecule has 1 rings (SSSR count). The van der Waals surface area contributed by atoms with Gasteiger partial charge in [0, 0.05) is 11.8 Å². The van der Waals surface area contributed by atoms with E-state index in [9.17, 15) is 18.4 Å². The molecule has 0 atom stereocenters. The molecule has 0 radical (unpaired) electrons. The number of hydrogen-bond donors (Lipinski definition) is 1. The molecule has 0 aromatic carbocycles. The molecule has 1 aromatic heterocycles. The molecule has 0 amide bonds. The van der Waals surface area contributed by atoms with Gasteiger partial charge in [-0.15, -0.1) is 0 Å². The average molecular weight is 266 g/mol. The summed E-state index contributed by atoms with van der Waals surface area (Å²) < 4.78 is 29.5. The lowest BCUT2D eigenvalue weighted by Crippen LogP contribution is -2.15. The van der Waals surface area contributed by atoms with E-state index in [4.69, 9.17) is 11.6 Å². The van der Waals surface area contributed by atoms with Crippen LogP contribution in [0.2, 0.25) is 5.02 Å². The molecule has 0 unspecified atom stereocenters. The van der Waals surface area contributed by atoms with Crippen molar-refractivity contribution in [1.29, 1.82) is 0 Å². The molecule has 4 nitrogen and oxygen atoms in total. The van der Waals surface area contributed by atoms with E-state index in [2.05, 4.69) is 9.72 Å². The highest BCUT2D eigenvalue weighted by Gasteiger charge is 2.16. The van der Waals surface area contributed by atoms with Gasteiger partial charge in [-0.3, -0.25) is 9.59 Å². The molecule has 0 aliphatic heterocycles. The SMILES string of the molecule is CCOC(=O)Cc1[nH]c(C(F)F)cc(=O)c1Cl. The summed E-state index contributed by atoms with van der Waals surface area (Å²) in [7, 11) is 0. The van der Waals surface area contributed by atoms with Gasteiger partial charge >= 0.3 is 5.97 Å². The third-order valence-corrected chi connectivity index (χ3v) is 2.34. The summed E-state index contributed by atoms with van der Waals surface area (Å²) in [5.74, 6) is -0.642. The number of aromatic nitrogens is 1. The standard InChI is InChI=1S/C10H10ClF2NO3/c1-2-17-8(16)4-5-9(11)7(15)3-6(14-5)10(12)13/h3,10H,2,4H2,1H3,(H,14,15). The van der Waals surface area contributed by atoms with E-state index in [1.165, 1.54) is 0 Å². The number of nitrogens with one attached hydrogen (secondary N) is 1. The second-order valence-corrected chi connectivity index (χ2v) is 3.54. The Balaban J connectivity index is 3.06. The fourth-order valence-electron chi connectivity index (χ4n) is 1.21. The van der Waals surface area contributed by atoms with Crippen LogP contribution in [0.3, 0.4) is 0 Å². The second-order valence-electron chi connectivity index (χ2n) is 3.16. The van der Waals surface area contributed by atoms with Crippen molar-refractivity contribution in [3.63, 3.8) is 0 Å². The molecule has 0 saturated heterocycles. The van der Waals surface area contributed by atoms with E-state index in [0.717, 1.165) is 0 Å². The highest BCUT2D eigenvalue weighted by atomic mass is 35.5. The monoisotopic (exact) mass is 265 g/mol. The molecule has 0 fully saturated rings. The summed E-state index contributed by atoms with van der Waals surface area (Å²) in [5, 5.41) is -0.276. The van der Waals surface area contributed by atoms with Gasteiger partial charge in [0.25, 0.3) is 6.43 Å². The Hall–Kier alpha value is -1.43. The Bertz CT molecular complexity index is 473. The lowest BCUT2D eigenvalue weighted by Gasteiger charge is -2.07. The van der Waals surface area contributed by atoms with E-state index >= 15 is 0 Å². The molecular formula is C10H10ClF2NO3. The minimum absolute atomic E-state index is 0.0621. The molecule has 94 valence electrons. The van der Waals surface area contributed by atoms with Crippen molar-refractivity contribution >= 4 is 17.6 Å². The number of aromatic amines is 1. The highest BCUT2D eigenvalue weighted by molar-refractivity contribution is 6.31. The fraction of sp³-hybridized carbons (Fsp3) is 0.400. The maximum Gasteiger partial charge on any atom is 0.311 e. The highest BCUT2D eigenvalue weighted by Crippen LogP contribution is 2.18. The number of esters is 1. The van der Waals surface area contributed by atoms with Gasteiger partial charge in [0.2, 0.25) is 5.43 Å². The minimum Gasteiger partial charge on any atom is -0.466 e. The van der Waals surface area contributed by atoms with Crippen LogP contribution in [-0.4, -0.2) is 17.6 Å². The van der Waals surface area contributed by atoms with Gasteiger partial charge in [-0.05, 0) is 6.92 Å². The van der Waals surface area contributed by atoms with Crippen LogP contribution in [0.25, 0.3) is 0 Å². The van der Waals surface area contributed by atoms with Crippen LogP contribution in [0.5, 0.6) is 0 Å². The molecule has 0 spiro atoms. The molecule has 0 bridgehead atoms. The summed E-state index contributed by atoms with van der Waals surface area (Å²) in [4.78, 5) is 24.7. The Morgan fingerprint density at radius 2 is 2.24 bits per heavy atom. The van der Waals surface area contributed by atoms with Crippen LogP contribution in [0.15, 0.2) is 10.9 Å². The van der Waals surface area contributed by atoms with Crippen molar-refractivity contribution < 1.29 is 18.3 Å². The third-order valence-electron chi connectivity index (χ3n) is 1.92. The Labute approximate surface area is 101 Å². The van der Waals surface area contributed by atoms with Crippen LogP contribution in [0, 0.1) is 0 Å². The molecule has 1 N–H and O–H groups in total. The van der Waals surface area contributed by atoms with Crippen molar-refractivity contribution in [2.24, 2.45) is 0 Å². The largest absolute Gasteiger partial charge is 0.466 e. The van der Waals surface area contributed by atoms with Gasteiger partial charge in [-0.25, -0.2) is 8.78 Å². The fourth-order valence-corrected chi connectivity index (χ4v) is 1.38. The number of carbonyl (C=O) groups excluding carboxylic acids is 1. The van der Waals surface area contributed by atoms with E-state index < -0.39 is 23.5 Å². The zero-order chi connectivity index (χ0) is 13.0. The first-order valence-electron chi connectivity index (χ1n) is 4.81. The first-order chi connectivity index (χ1) is 7.95. The van der Waals surface area contributed by atoms with E-state index in [-0.39, 0.29) is 23.7 Å². The molecule has 0 saturated carbocycles. The van der Waals surface area contributed by atoms with Crippen LogP contribution in [0.1, 0.15) is 24.7 Å². The Kier molecular flexibility index (Phi) is 4.62. The topological polar surface area (TPSA) is 59.2 Å². The van der Waals surface area contributed by atoms with Gasteiger partial charge in [0.05, 0.1) is 18.7 Å². The van der Waals surface area contributed by atoms with Crippen LogP contribution >= 0.6 is 11.6 Å². The maximum atomic E-state index is 12.4. The van der Waals surface area contributed by atoms with Gasteiger partial charge < -0.3 is 9.72 Å². The Morgan fingerprint density at radius 3 is 2.76 bits per heavy atom. The smallest absolute Gasteiger partial charge is 0.311 e. The van der Waals surface area contributed by atoms with Gasteiger partial charge in [-0.2, -0.15) is 0 Å². The number of rotatable bonds is 4. The normalized spacial score (nSPS) is 10.6. The number of alkyl halides is 2. The molecule has 17 heavy (non-hydrogen) atoms. The average Bonchev–Trinajstić information content (AvgIpc) is 2.24. The second kappa shape index (κ2) is 5.77. The van der Waals surface area contributed by atoms with Gasteiger partial charge in [0.15, 0.2) is 0 Å². The molecule has 1 heterocycles. The third kappa shape index (κ3) is 3.52. The maximum absolute atomic E-state index is 12.4. The Morgan fingerprint density at radius 1 is 1.59 bits per heavy atom. The number of carbonyl (C=O) groups is 1. The summed E-state index contributed by atoms with van der Waals surface area (Å²) >= 11 is 5.62. The van der Waals surface area contributed by atoms with Crippen molar-refractivity contribution in [1.82, 2.24) is 4.98 Å². The van der Waals surface area contributed by atoms with Gasteiger partial charge in [-0.1, -0.05) is 11.6 Å². The van der Waals surface area contributed by atoms with Crippen molar-refractivity contribution in [2.45, 2.75) is 19.8 Å². The number of halogens is 3. The van der Waals surface area contributed by atoms with E-state index in [0.29, 0.717) is 6.07 Å². The van der Waals surface area contributed by atoms with Crippen LogP contribution in [0.4, 0.5) is 8.78 Å². The molecule has 0 aliphatic carbocycles. The predicted molar refractivity (Wildman–Crippen MR) is 57.4 cm³/mol. The quantitative estimate of drug-likeness (QED) is 0.848. The number of pyridine rings is 1.